The van der Waals surface area contributed by atoms with Crippen molar-refractivity contribution in [2.75, 3.05) is 0 Å². The molecule has 1 aromatic carbocycles. The largest absolute Gasteiger partial charge is 0.478 e. The van der Waals surface area contributed by atoms with E-state index in [9.17, 15) is 13.6 Å². The molecule has 0 radical (unpaired) electrons. The Balaban J connectivity index is 2.31. The van der Waals surface area contributed by atoms with E-state index in [4.69, 9.17) is 9.84 Å². The molecule has 6 heteroatoms. The number of hydrogen-bond acceptors (Lipinski definition) is 3. The number of benzene rings is 1. The third kappa shape index (κ3) is 2.85. The first kappa shape index (κ1) is 12.9. The van der Waals surface area contributed by atoms with Crippen LogP contribution in [0.2, 0.25) is 0 Å². The summed E-state index contributed by atoms with van der Waals surface area (Å²) in [7, 11) is 0. The van der Waals surface area contributed by atoms with Gasteiger partial charge in [-0.2, -0.15) is 0 Å². The maximum Gasteiger partial charge on any atom is 0.337 e. The van der Waals surface area contributed by atoms with Gasteiger partial charge in [0.15, 0.2) is 11.6 Å². The zero-order valence-corrected chi connectivity index (χ0v) is 9.85. The van der Waals surface area contributed by atoms with Crippen LogP contribution in [-0.2, 0) is 0 Å². The molecule has 0 amide bonds. The van der Waals surface area contributed by atoms with Gasteiger partial charge in [-0.25, -0.2) is 18.6 Å². The number of carbonyl (C=O) groups is 1. The summed E-state index contributed by atoms with van der Waals surface area (Å²) < 4.78 is 31.4. The number of nitrogens with zero attached hydrogens (tertiary/aromatic N) is 1. The Kier molecular flexibility index (Phi) is 3.41. The Morgan fingerprint density at radius 1 is 1.26 bits per heavy atom. The maximum atomic E-state index is 13.3. The lowest BCUT2D eigenvalue weighted by atomic mass is 10.2. The molecule has 0 spiro atoms. The van der Waals surface area contributed by atoms with Crippen LogP contribution in [0, 0.1) is 18.6 Å². The lowest BCUT2D eigenvalue weighted by molar-refractivity contribution is 0.0695. The van der Waals surface area contributed by atoms with Crippen molar-refractivity contribution in [3.8, 4) is 11.6 Å². The lowest BCUT2D eigenvalue weighted by Crippen LogP contribution is -2.02. The fourth-order valence-corrected chi connectivity index (χ4v) is 1.49. The topological polar surface area (TPSA) is 59.4 Å². The molecule has 0 aliphatic carbocycles. The van der Waals surface area contributed by atoms with Crippen LogP contribution in [0.25, 0.3) is 0 Å². The van der Waals surface area contributed by atoms with Gasteiger partial charge in [-0.1, -0.05) is 0 Å². The van der Waals surface area contributed by atoms with Gasteiger partial charge in [0.25, 0.3) is 0 Å². The molecule has 98 valence electrons. The second-order valence-electron chi connectivity index (χ2n) is 3.76. The number of carboxylic acid groups (broad SMARTS) is 1. The van der Waals surface area contributed by atoms with Crippen LogP contribution in [0.3, 0.4) is 0 Å². The van der Waals surface area contributed by atoms with Gasteiger partial charge in [0.1, 0.15) is 5.82 Å². The second-order valence-corrected chi connectivity index (χ2v) is 3.76. The van der Waals surface area contributed by atoms with Crippen molar-refractivity contribution < 1.29 is 23.4 Å². The highest BCUT2D eigenvalue weighted by atomic mass is 19.1. The van der Waals surface area contributed by atoms with Crippen LogP contribution in [0.4, 0.5) is 8.78 Å². The van der Waals surface area contributed by atoms with Crippen molar-refractivity contribution in [1.29, 1.82) is 0 Å². The summed E-state index contributed by atoms with van der Waals surface area (Å²) in [5, 5.41) is 8.84. The molecule has 19 heavy (non-hydrogen) atoms. The molecule has 0 saturated heterocycles. The van der Waals surface area contributed by atoms with Gasteiger partial charge in [0, 0.05) is 12.1 Å². The van der Waals surface area contributed by atoms with Crippen molar-refractivity contribution in [2.24, 2.45) is 0 Å². The van der Waals surface area contributed by atoms with Crippen LogP contribution in [-0.4, -0.2) is 16.1 Å². The highest BCUT2D eigenvalue weighted by Crippen LogP contribution is 2.24. The van der Waals surface area contributed by atoms with Crippen LogP contribution in [0.5, 0.6) is 11.6 Å². The number of ether oxygens (including phenoxy) is 1. The highest BCUT2D eigenvalue weighted by Gasteiger charge is 2.11. The first-order valence-electron chi connectivity index (χ1n) is 5.31. The predicted molar refractivity (Wildman–Crippen MR) is 62.4 cm³/mol. The minimum absolute atomic E-state index is 0.00741. The summed E-state index contributed by atoms with van der Waals surface area (Å²) in [5.74, 6) is -2.81. The molecular formula is C13H9F2NO3. The lowest BCUT2D eigenvalue weighted by Gasteiger charge is -2.07. The Morgan fingerprint density at radius 2 is 2.00 bits per heavy atom. The molecule has 1 N–H and O–H groups in total. The van der Waals surface area contributed by atoms with E-state index in [0.717, 1.165) is 18.2 Å². The van der Waals surface area contributed by atoms with Crippen molar-refractivity contribution in [3.05, 3.63) is 53.2 Å². The molecule has 1 heterocycles. The molecule has 0 aliphatic heterocycles. The van der Waals surface area contributed by atoms with E-state index in [0.29, 0.717) is 0 Å². The first-order valence-corrected chi connectivity index (χ1v) is 5.31. The fraction of sp³-hybridized carbons (Fsp3) is 0.0769. The summed E-state index contributed by atoms with van der Waals surface area (Å²) in [4.78, 5) is 14.7. The predicted octanol–water partition coefficient (Wildman–Crippen LogP) is 3.16. The summed E-state index contributed by atoms with van der Waals surface area (Å²) in [6.07, 6.45) is 0. The van der Waals surface area contributed by atoms with Gasteiger partial charge in [-0.05, 0) is 25.1 Å². The van der Waals surface area contributed by atoms with Gasteiger partial charge in [0.05, 0.1) is 11.3 Å². The van der Waals surface area contributed by atoms with E-state index in [1.807, 2.05) is 0 Å². The minimum Gasteiger partial charge on any atom is -0.478 e. The van der Waals surface area contributed by atoms with Crippen LogP contribution in [0.15, 0.2) is 30.3 Å². The van der Waals surface area contributed by atoms with Gasteiger partial charge >= 0.3 is 5.97 Å². The normalized spacial score (nSPS) is 10.3. The Bertz CT molecular complexity index is 644. The standard InChI is InChI=1S/C13H9F2NO3/c1-7-9(13(17)18)3-5-12(16-7)19-11-6-8(14)2-4-10(11)15/h2-6H,1H3,(H,17,18). The van der Waals surface area contributed by atoms with E-state index in [1.165, 1.54) is 19.1 Å². The van der Waals surface area contributed by atoms with Crippen LogP contribution >= 0.6 is 0 Å². The molecule has 1 aromatic heterocycles. The summed E-state index contributed by atoms with van der Waals surface area (Å²) in [5.41, 5.74) is 0.244. The molecule has 2 rings (SSSR count). The van der Waals surface area contributed by atoms with Crippen LogP contribution < -0.4 is 4.74 Å². The number of hydrogen-bond donors (Lipinski definition) is 1. The molecule has 2 aromatic rings. The third-order valence-electron chi connectivity index (χ3n) is 2.40. The number of pyridine rings is 1. The fourth-order valence-electron chi connectivity index (χ4n) is 1.49. The monoisotopic (exact) mass is 265 g/mol. The molecular weight excluding hydrogens is 256 g/mol. The number of halogens is 2. The van der Waals surface area contributed by atoms with E-state index < -0.39 is 17.6 Å². The molecule has 0 bridgehead atoms. The number of aromatic nitrogens is 1. The zero-order chi connectivity index (χ0) is 14.0. The summed E-state index contributed by atoms with van der Waals surface area (Å²) in [6.45, 7) is 1.48. The highest BCUT2D eigenvalue weighted by molar-refractivity contribution is 5.88. The van der Waals surface area contributed by atoms with E-state index in [-0.39, 0.29) is 22.9 Å². The third-order valence-corrected chi connectivity index (χ3v) is 2.40. The maximum absolute atomic E-state index is 13.3. The minimum atomic E-state index is -1.12. The van der Waals surface area contributed by atoms with Crippen molar-refractivity contribution in [3.63, 3.8) is 0 Å². The van der Waals surface area contributed by atoms with Crippen molar-refractivity contribution in [1.82, 2.24) is 4.98 Å². The SMILES string of the molecule is Cc1nc(Oc2cc(F)ccc2F)ccc1C(=O)O. The molecule has 0 saturated carbocycles. The molecule has 0 aliphatic rings. The Hall–Kier alpha value is -2.50. The Morgan fingerprint density at radius 3 is 2.63 bits per heavy atom. The van der Waals surface area contributed by atoms with Gasteiger partial charge < -0.3 is 9.84 Å². The second kappa shape index (κ2) is 5.01. The smallest absolute Gasteiger partial charge is 0.337 e. The van der Waals surface area contributed by atoms with E-state index >= 15 is 0 Å². The zero-order valence-electron chi connectivity index (χ0n) is 9.85. The average molecular weight is 265 g/mol. The number of carboxylic acids is 1. The number of aryl methyl sites for hydroxylation is 1. The van der Waals surface area contributed by atoms with Crippen molar-refractivity contribution in [2.45, 2.75) is 6.92 Å². The molecule has 0 atom stereocenters. The van der Waals surface area contributed by atoms with Crippen LogP contribution in [0.1, 0.15) is 16.1 Å². The van der Waals surface area contributed by atoms with Gasteiger partial charge in [-0.3, -0.25) is 0 Å². The molecule has 0 unspecified atom stereocenters. The van der Waals surface area contributed by atoms with E-state index in [2.05, 4.69) is 4.98 Å². The summed E-state index contributed by atoms with van der Waals surface area (Å²) >= 11 is 0. The van der Waals surface area contributed by atoms with Gasteiger partial charge in [0.2, 0.25) is 5.88 Å². The van der Waals surface area contributed by atoms with Crippen molar-refractivity contribution >= 4 is 5.97 Å². The average Bonchev–Trinajstić information content (AvgIpc) is 2.33. The quantitative estimate of drug-likeness (QED) is 0.926. The van der Waals surface area contributed by atoms with E-state index in [1.54, 1.807) is 0 Å². The number of rotatable bonds is 3. The van der Waals surface area contributed by atoms with Gasteiger partial charge in [-0.15, -0.1) is 0 Å². The number of aromatic carboxylic acids is 1. The molecule has 4 nitrogen and oxygen atoms in total. The molecule has 0 fully saturated rings. The summed E-state index contributed by atoms with van der Waals surface area (Å²) in [6, 6.07) is 5.35. The first-order chi connectivity index (χ1) is 8.97. The Labute approximate surface area is 107 Å².